The molecule has 6 heteroatoms. The van der Waals surface area contributed by atoms with E-state index in [4.69, 9.17) is 5.73 Å². The molecule has 0 aliphatic carbocycles. The molecule has 0 radical (unpaired) electrons. The van der Waals surface area contributed by atoms with Crippen LogP contribution in [0.3, 0.4) is 0 Å². The Hall–Kier alpha value is -1.58. The fourth-order valence-electron chi connectivity index (χ4n) is 2.17. The third-order valence-corrected chi connectivity index (χ3v) is 3.25. The number of nitrogens with two attached hydrogens (primary N) is 1. The minimum atomic E-state index is -4.24. The molecule has 0 fully saturated rings. The van der Waals surface area contributed by atoms with Crippen molar-refractivity contribution in [2.24, 2.45) is 5.73 Å². The zero-order valence-electron chi connectivity index (χ0n) is 12.0. The van der Waals surface area contributed by atoms with Crippen molar-refractivity contribution in [1.82, 2.24) is 4.90 Å². The standard InChI is InChI=1S/C15H20F3N3/c1-2-9-21(12-15(16,17)18)10-8-14(20,11-19)13-6-4-3-5-7-13/h3-7H,2,8-10,12,20H2,1H3. The second-order valence-electron chi connectivity index (χ2n) is 5.09. The van der Waals surface area contributed by atoms with Gasteiger partial charge in [0.1, 0.15) is 5.54 Å². The Bertz CT molecular complexity index is 467. The van der Waals surface area contributed by atoms with E-state index in [-0.39, 0.29) is 13.0 Å². The fraction of sp³-hybridized carbons (Fsp3) is 0.533. The Labute approximate surface area is 123 Å². The highest BCUT2D eigenvalue weighted by Crippen LogP contribution is 2.23. The van der Waals surface area contributed by atoms with Gasteiger partial charge in [-0.3, -0.25) is 4.90 Å². The molecule has 0 bridgehead atoms. The minimum absolute atomic E-state index is 0.131. The molecule has 116 valence electrons. The van der Waals surface area contributed by atoms with E-state index >= 15 is 0 Å². The van der Waals surface area contributed by atoms with Gasteiger partial charge in [-0.1, -0.05) is 37.3 Å². The summed E-state index contributed by atoms with van der Waals surface area (Å²) in [5.74, 6) is 0. The summed E-state index contributed by atoms with van der Waals surface area (Å²) in [6.45, 7) is 1.31. The van der Waals surface area contributed by atoms with Crippen LogP contribution in [0.2, 0.25) is 0 Å². The van der Waals surface area contributed by atoms with Crippen LogP contribution >= 0.6 is 0 Å². The van der Waals surface area contributed by atoms with Crippen molar-refractivity contribution in [3.05, 3.63) is 35.9 Å². The highest BCUT2D eigenvalue weighted by atomic mass is 19.4. The number of nitrogens with zero attached hydrogens (tertiary/aromatic N) is 2. The van der Waals surface area contributed by atoms with Crippen molar-refractivity contribution < 1.29 is 13.2 Å². The number of benzene rings is 1. The number of nitriles is 1. The molecule has 0 amide bonds. The van der Waals surface area contributed by atoms with Gasteiger partial charge >= 0.3 is 6.18 Å². The highest BCUT2D eigenvalue weighted by molar-refractivity contribution is 5.30. The minimum Gasteiger partial charge on any atom is -0.310 e. The average Bonchev–Trinajstić information content (AvgIpc) is 2.44. The van der Waals surface area contributed by atoms with E-state index in [0.717, 1.165) is 0 Å². The molecule has 1 aromatic rings. The number of hydrogen-bond acceptors (Lipinski definition) is 3. The summed E-state index contributed by atoms with van der Waals surface area (Å²) in [4.78, 5) is 1.29. The van der Waals surface area contributed by atoms with Gasteiger partial charge in [-0.25, -0.2) is 0 Å². The summed E-state index contributed by atoms with van der Waals surface area (Å²) < 4.78 is 37.5. The van der Waals surface area contributed by atoms with Crippen LogP contribution in [0.15, 0.2) is 30.3 Å². The predicted molar refractivity (Wildman–Crippen MR) is 75.3 cm³/mol. The molecule has 21 heavy (non-hydrogen) atoms. The number of halogens is 3. The van der Waals surface area contributed by atoms with Gasteiger partial charge < -0.3 is 5.73 Å². The molecule has 0 aliphatic rings. The molecule has 1 aromatic carbocycles. The van der Waals surface area contributed by atoms with Crippen LogP contribution in [0.1, 0.15) is 25.3 Å². The lowest BCUT2D eigenvalue weighted by molar-refractivity contribution is -0.146. The SMILES string of the molecule is CCCN(CCC(N)(C#N)c1ccccc1)CC(F)(F)F. The summed E-state index contributed by atoms with van der Waals surface area (Å²) >= 11 is 0. The Balaban J connectivity index is 2.75. The van der Waals surface area contributed by atoms with Crippen LogP contribution in [-0.4, -0.2) is 30.7 Å². The monoisotopic (exact) mass is 299 g/mol. The Morgan fingerprint density at radius 3 is 2.29 bits per heavy atom. The molecule has 0 saturated heterocycles. The van der Waals surface area contributed by atoms with Gasteiger partial charge in [0, 0.05) is 6.54 Å². The predicted octanol–water partition coefficient (Wildman–Crippen LogP) is 3.03. The van der Waals surface area contributed by atoms with Crippen LogP contribution in [0.4, 0.5) is 13.2 Å². The van der Waals surface area contributed by atoms with Crippen molar-refractivity contribution in [2.45, 2.75) is 31.5 Å². The van der Waals surface area contributed by atoms with E-state index in [9.17, 15) is 18.4 Å². The van der Waals surface area contributed by atoms with Gasteiger partial charge in [-0.15, -0.1) is 0 Å². The maximum atomic E-state index is 12.5. The molecule has 1 unspecified atom stereocenters. The zero-order chi connectivity index (χ0) is 15.9. The molecule has 1 rings (SSSR count). The first-order valence-corrected chi connectivity index (χ1v) is 6.85. The Morgan fingerprint density at radius 1 is 1.19 bits per heavy atom. The van der Waals surface area contributed by atoms with Crippen LogP contribution in [0.5, 0.6) is 0 Å². The van der Waals surface area contributed by atoms with E-state index in [1.165, 1.54) is 4.90 Å². The molecular weight excluding hydrogens is 279 g/mol. The second-order valence-corrected chi connectivity index (χ2v) is 5.09. The molecule has 0 heterocycles. The summed E-state index contributed by atoms with van der Waals surface area (Å²) in [7, 11) is 0. The maximum Gasteiger partial charge on any atom is 0.401 e. The number of alkyl halides is 3. The van der Waals surface area contributed by atoms with E-state index in [2.05, 4.69) is 0 Å². The van der Waals surface area contributed by atoms with Crippen molar-refractivity contribution in [3.8, 4) is 6.07 Å². The van der Waals surface area contributed by atoms with Gasteiger partial charge in [0.05, 0.1) is 12.6 Å². The highest BCUT2D eigenvalue weighted by Gasteiger charge is 2.32. The lowest BCUT2D eigenvalue weighted by Crippen LogP contribution is -2.42. The largest absolute Gasteiger partial charge is 0.401 e. The fourth-order valence-corrected chi connectivity index (χ4v) is 2.17. The van der Waals surface area contributed by atoms with Crippen molar-refractivity contribution in [1.29, 1.82) is 5.26 Å². The molecule has 0 aromatic heterocycles. The molecule has 0 aliphatic heterocycles. The van der Waals surface area contributed by atoms with E-state index in [1.807, 2.05) is 13.0 Å². The van der Waals surface area contributed by atoms with Gasteiger partial charge in [-0.05, 0) is 24.9 Å². The first-order valence-electron chi connectivity index (χ1n) is 6.85. The molecule has 2 N–H and O–H groups in total. The van der Waals surface area contributed by atoms with Crippen molar-refractivity contribution in [3.63, 3.8) is 0 Å². The smallest absolute Gasteiger partial charge is 0.310 e. The van der Waals surface area contributed by atoms with Crippen molar-refractivity contribution >= 4 is 0 Å². The van der Waals surface area contributed by atoms with Crippen LogP contribution in [-0.2, 0) is 5.54 Å². The molecule has 1 atom stereocenters. The lowest BCUT2D eigenvalue weighted by Gasteiger charge is -2.28. The number of rotatable bonds is 7. The number of hydrogen-bond donors (Lipinski definition) is 1. The van der Waals surface area contributed by atoms with Crippen LogP contribution in [0.25, 0.3) is 0 Å². The molecule has 0 saturated carbocycles. The summed E-state index contributed by atoms with van der Waals surface area (Å²) in [6.07, 6.45) is -3.47. The summed E-state index contributed by atoms with van der Waals surface area (Å²) in [5.41, 5.74) is 5.41. The molecular formula is C15H20F3N3. The maximum absolute atomic E-state index is 12.5. The van der Waals surface area contributed by atoms with E-state index in [0.29, 0.717) is 18.5 Å². The zero-order valence-corrected chi connectivity index (χ0v) is 12.0. The second kappa shape index (κ2) is 7.43. The van der Waals surface area contributed by atoms with E-state index in [1.54, 1.807) is 30.3 Å². The summed E-state index contributed by atoms with van der Waals surface area (Å²) in [6, 6.07) is 10.8. The van der Waals surface area contributed by atoms with Crippen molar-refractivity contribution in [2.75, 3.05) is 19.6 Å². The Morgan fingerprint density at radius 2 is 1.81 bits per heavy atom. The Kier molecular flexibility index (Phi) is 6.19. The normalized spacial score (nSPS) is 14.7. The lowest BCUT2D eigenvalue weighted by atomic mass is 9.89. The first-order chi connectivity index (χ1) is 9.80. The van der Waals surface area contributed by atoms with Crippen LogP contribution < -0.4 is 5.73 Å². The third kappa shape index (κ3) is 5.74. The van der Waals surface area contributed by atoms with Gasteiger partial charge in [0.15, 0.2) is 0 Å². The topological polar surface area (TPSA) is 53.0 Å². The average molecular weight is 299 g/mol. The van der Waals surface area contributed by atoms with Crippen LogP contribution in [0, 0.1) is 11.3 Å². The molecule has 0 spiro atoms. The van der Waals surface area contributed by atoms with E-state index < -0.39 is 18.3 Å². The first kappa shape index (κ1) is 17.5. The quantitative estimate of drug-likeness (QED) is 0.842. The summed E-state index contributed by atoms with van der Waals surface area (Å²) in [5, 5.41) is 9.30. The van der Waals surface area contributed by atoms with Gasteiger partial charge in [0.2, 0.25) is 0 Å². The third-order valence-electron chi connectivity index (χ3n) is 3.25. The van der Waals surface area contributed by atoms with Gasteiger partial charge in [0.25, 0.3) is 0 Å². The van der Waals surface area contributed by atoms with Gasteiger partial charge in [-0.2, -0.15) is 18.4 Å². The molecule has 3 nitrogen and oxygen atoms in total.